The topological polar surface area (TPSA) is 66.0 Å². The number of aryl methyl sites for hydroxylation is 1. The highest BCUT2D eigenvalue weighted by Crippen LogP contribution is 2.29. The van der Waals surface area contributed by atoms with Gasteiger partial charge in [0.1, 0.15) is 0 Å². The van der Waals surface area contributed by atoms with Crippen LogP contribution >= 0.6 is 0 Å². The smallest absolute Gasteiger partial charge is 0.0890 e. The highest BCUT2D eigenvalue weighted by atomic mass is 15.2. The molecular formula is C19H22N6. The van der Waals surface area contributed by atoms with Gasteiger partial charge in [-0.05, 0) is 30.2 Å². The number of nitrogens with zero attached hydrogens (tertiary/aromatic N) is 4. The van der Waals surface area contributed by atoms with E-state index in [0.29, 0.717) is 0 Å². The number of nitrogens with one attached hydrogen (secondary N) is 2. The molecule has 25 heavy (non-hydrogen) atoms. The second-order valence-corrected chi connectivity index (χ2v) is 6.32. The number of piperazine rings is 1. The van der Waals surface area contributed by atoms with Gasteiger partial charge >= 0.3 is 0 Å². The van der Waals surface area contributed by atoms with Gasteiger partial charge in [0, 0.05) is 51.3 Å². The summed E-state index contributed by atoms with van der Waals surface area (Å²) in [4.78, 5) is 15.5. The molecule has 1 aliphatic rings. The summed E-state index contributed by atoms with van der Waals surface area (Å²) in [5.41, 5.74) is 6.58. The van der Waals surface area contributed by atoms with Crippen LogP contribution in [0, 0.1) is 6.92 Å². The van der Waals surface area contributed by atoms with Gasteiger partial charge in [-0.2, -0.15) is 0 Å². The number of anilines is 2. The van der Waals surface area contributed by atoms with Crippen LogP contribution in [0.2, 0.25) is 0 Å². The van der Waals surface area contributed by atoms with E-state index in [1.807, 2.05) is 18.5 Å². The first-order valence-electron chi connectivity index (χ1n) is 8.65. The second kappa shape index (κ2) is 7.03. The number of pyridine rings is 1. The Labute approximate surface area is 147 Å². The van der Waals surface area contributed by atoms with Crippen molar-refractivity contribution in [3.8, 4) is 0 Å². The molecule has 0 bridgehead atoms. The molecule has 0 unspecified atom stereocenters. The zero-order valence-electron chi connectivity index (χ0n) is 14.4. The molecule has 0 amide bonds. The Morgan fingerprint density at radius 2 is 1.88 bits per heavy atom. The summed E-state index contributed by atoms with van der Waals surface area (Å²) in [5, 5.41) is 6.97. The lowest BCUT2D eigenvalue weighted by Crippen LogP contribution is -2.44. The molecule has 2 aromatic heterocycles. The van der Waals surface area contributed by atoms with Gasteiger partial charge in [0.05, 0.1) is 28.6 Å². The predicted octanol–water partition coefficient (Wildman–Crippen LogP) is 2.35. The molecule has 1 aromatic carbocycles. The lowest BCUT2D eigenvalue weighted by atomic mass is 10.1. The molecule has 1 fully saturated rings. The van der Waals surface area contributed by atoms with Crippen LogP contribution in [0.4, 0.5) is 11.4 Å². The van der Waals surface area contributed by atoms with Crippen LogP contribution < -0.4 is 15.5 Å². The van der Waals surface area contributed by atoms with Crippen molar-refractivity contribution in [2.24, 2.45) is 0 Å². The van der Waals surface area contributed by atoms with E-state index < -0.39 is 0 Å². The van der Waals surface area contributed by atoms with Crippen LogP contribution in [-0.2, 0) is 6.54 Å². The maximum absolute atomic E-state index is 4.38. The maximum Gasteiger partial charge on any atom is 0.0890 e. The number of hydrogen-bond acceptors (Lipinski definition) is 6. The summed E-state index contributed by atoms with van der Waals surface area (Å²) in [6.07, 6.45) is 7.31. The lowest BCUT2D eigenvalue weighted by Gasteiger charge is -2.32. The molecule has 3 aromatic rings. The molecule has 0 saturated carbocycles. The molecule has 0 aliphatic carbocycles. The molecule has 1 aliphatic heterocycles. The fourth-order valence-corrected chi connectivity index (χ4v) is 3.31. The SMILES string of the molecule is Cc1cncc(NCc2ccc3nccnc3c2)c1N1CCNCC1. The Morgan fingerprint density at radius 1 is 1.08 bits per heavy atom. The van der Waals surface area contributed by atoms with Crippen LogP contribution in [0.3, 0.4) is 0 Å². The highest BCUT2D eigenvalue weighted by Gasteiger charge is 2.16. The normalized spacial score (nSPS) is 14.7. The molecule has 0 radical (unpaired) electrons. The molecule has 0 atom stereocenters. The van der Waals surface area contributed by atoms with Crippen LogP contribution in [0.25, 0.3) is 11.0 Å². The Kier molecular flexibility index (Phi) is 4.43. The standard InChI is InChI=1S/C19H22N6/c1-14-11-21-13-18(19(14)25-8-6-20-7-9-25)24-12-15-2-3-16-17(10-15)23-5-4-22-16/h2-5,10-11,13,20,24H,6-9,12H2,1H3. The molecule has 1 saturated heterocycles. The first-order valence-corrected chi connectivity index (χ1v) is 8.65. The fourth-order valence-electron chi connectivity index (χ4n) is 3.31. The molecule has 0 spiro atoms. The van der Waals surface area contributed by atoms with Crippen molar-refractivity contribution >= 4 is 22.4 Å². The first-order chi connectivity index (χ1) is 12.3. The number of hydrogen-bond donors (Lipinski definition) is 2. The summed E-state index contributed by atoms with van der Waals surface area (Å²) in [6, 6.07) is 6.20. The molecule has 4 rings (SSSR count). The predicted molar refractivity (Wildman–Crippen MR) is 101 cm³/mol. The molecule has 128 valence electrons. The number of aromatic nitrogens is 3. The van der Waals surface area contributed by atoms with Crippen LogP contribution in [0.1, 0.15) is 11.1 Å². The Bertz CT molecular complexity index is 873. The number of rotatable bonds is 4. The maximum atomic E-state index is 4.38. The van der Waals surface area contributed by atoms with Crippen LogP contribution in [0.5, 0.6) is 0 Å². The van der Waals surface area contributed by atoms with Crippen LogP contribution in [-0.4, -0.2) is 41.1 Å². The second-order valence-electron chi connectivity index (χ2n) is 6.32. The van der Waals surface area contributed by atoms with Gasteiger partial charge in [0.2, 0.25) is 0 Å². The number of fused-ring (bicyclic) bond motifs is 1. The largest absolute Gasteiger partial charge is 0.378 e. The average Bonchev–Trinajstić information content (AvgIpc) is 2.67. The molecule has 3 heterocycles. The highest BCUT2D eigenvalue weighted by molar-refractivity contribution is 5.75. The van der Waals surface area contributed by atoms with Crippen molar-refractivity contribution in [3.63, 3.8) is 0 Å². The Hall–Kier alpha value is -2.73. The van der Waals surface area contributed by atoms with Crippen molar-refractivity contribution in [2.45, 2.75) is 13.5 Å². The van der Waals surface area contributed by atoms with Crippen molar-refractivity contribution in [3.05, 3.63) is 54.1 Å². The quantitative estimate of drug-likeness (QED) is 0.763. The minimum Gasteiger partial charge on any atom is -0.378 e. The van der Waals surface area contributed by atoms with Gasteiger partial charge in [0.25, 0.3) is 0 Å². The Morgan fingerprint density at radius 3 is 2.72 bits per heavy atom. The van der Waals surface area contributed by atoms with E-state index in [0.717, 1.165) is 49.4 Å². The van der Waals surface area contributed by atoms with E-state index in [2.05, 4.69) is 49.5 Å². The third kappa shape index (κ3) is 3.39. The van der Waals surface area contributed by atoms with Gasteiger partial charge in [-0.3, -0.25) is 15.0 Å². The third-order valence-corrected chi connectivity index (χ3v) is 4.55. The zero-order chi connectivity index (χ0) is 17.1. The van der Waals surface area contributed by atoms with Gasteiger partial charge in [-0.25, -0.2) is 0 Å². The van der Waals surface area contributed by atoms with Gasteiger partial charge in [0.15, 0.2) is 0 Å². The lowest BCUT2D eigenvalue weighted by molar-refractivity contribution is 0.588. The monoisotopic (exact) mass is 334 g/mol. The summed E-state index contributed by atoms with van der Waals surface area (Å²) in [6.45, 7) is 6.93. The van der Waals surface area contributed by atoms with Crippen molar-refractivity contribution in [2.75, 3.05) is 36.4 Å². The van der Waals surface area contributed by atoms with Crippen molar-refractivity contribution < 1.29 is 0 Å². The Balaban J connectivity index is 1.56. The van der Waals surface area contributed by atoms with Gasteiger partial charge in [-0.15, -0.1) is 0 Å². The first kappa shape index (κ1) is 15.8. The van der Waals surface area contributed by atoms with E-state index in [9.17, 15) is 0 Å². The van der Waals surface area contributed by atoms with Gasteiger partial charge < -0.3 is 15.5 Å². The number of benzene rings is 1. The molecule has 6 nitrogen and oxygen atoms in total. The van der Waals surface area contributed by atoms with E-state index in [4.69, 9.17) is 0 Å². The molecule has 6 heteroatoms. The molecule has 2 N–H and O–H groups in total. The fraction of sp³-hybridized carbons (Fsp3) is 0.316. The summed E-state index contributed by atoms with van der Waals surface area (Å²) in [7, 11) is 0. The van der Waals surface area contributed by atoms with Crippen molar-refractivity contribution in [1.82, 2.24) is 20.3 Å². The third-order valence-electron chi connectivity index (χ3n) is 4.55. The zero-order valence-corrected chi connectivity index (χ0v) is 14.4. The minimum atomic E-state index is 0.733. The minimum absolute atomic E-state index is 0.733. The van der Waals surface area contributed by atoms with E-state index >= 15 is 0 Å². The van der Waals surface area contributed by atoms with E-state index in [1.54, 1.807) is 12.4 Å². The summed E-state index contributed by atoms with van der Waals surface area (Å²) in [5.74, 6) is 0. The van der Waals surface area contributed by atoms with Gasteiger partial charge in [-0.1, -0.05) is 6.07 Å². The van der Waals surface area contributed by atoms with E-state index in [-0.39, 0.29) is 0 Å². The summed E-state index contributed by atoms with van der Waals surface area (Å²) >= 11 is 0. The van der Waals surface area contributed by atoms with Crippen molar-refractivity contribution in [1.29, 1.82) is 0 Å². The van der Waals surface area contributed by atoms with E-state index in [1.165, 1.54) is 16.8 Å². The van der Waals surface area contributed by atoms with Crippen LogP contribution in [0.15, 0.2) is 43.0 Å². The summed E-state index contributed by atoms with van der Waals surface area (Å²) < 4.78 is 0. The average molecular weight is 334 g/mol. The molecular weight excluding hydrogens is 312 g/mol.